The average molecular weight is 333 g/mol. The Hall–Kier alpha value is -2.31. The third-order valence-corrected chi connectivity index (χ3v) is 5.03. The number of carbonyl (C=O) groups excluding carboxylic acids is 3. The minimum absolute atomic E-state index is 0.0401. The number of nitrogens with zero attached hydrogens (tertiary/aromatic N) is 3. The molecule has 2 aliphatic rings. The highest BCUT2D eigenvalue weighted by Crippen LogP contribution is 2.27. The van der Waals surface area contributed by atoms with Gasteiger partial charge < -0.3 is 19.1 Å². The lowest BCUT2D eigenvalue weighted by atomic mass is 10.0. The fourth-order valence-electron chi connectivity index (χ4n) is 3.64. The van der Waals surface area contributed by atoms with Gasteiger partial charge in [0.05, 0.1) is 13.0 Å². The quantitative estimate of drug-likeness (QED) is 0.771. The van der Waals surface area contributed by atoms with E-state index in [-0.39, 0.29) is 29.7 Å². The predicted molar refractivity (Wildman–Crippen MR) is 86.4 cm³/mol. The summed E-state index contributed by atoms with van der Waals surface area (Å²) in [5.41, 5.74) is 0.547. The van der Waals surface area contributed by atoms with Crippen LogP contribution in [0.5, 0.6) is 0 Å². The van der Waals surface area contributed by atoms with Crippen LogP contribution in [0.2, 0.25) is 0 Å². The number of carbonyl (C=O) groups is 3. The van der Waals surface area contributed by atoms with Crippen molar-refractivity contribution in [3.8, 4) is 0 Å². The summed E-state index contributed by atoms with van der Waals surface area (Å²) in [4.78, 5) is 39.5. The number of esters is 1. The van der Waals surface area contributed by atoms with Gasteiger partial charge in [0.1, 0.15) is 5.69 Å². The van der Waals surface area contributed by atoms with Gasteiger partial charge in [0.2, 0.25) is 11.8 Å². The van der Waals surface area contributed by atoms with E-state index >= 15 is 0 Å². The van der Waals surface area contributed by atoms with Gasteiger partial charge in [-0.25, -0.2) is 4.79 Å². The molecule has 7 nitrogen and oxygen atoms in total. The minimum Gasteiger partial charge on any atom is -0.464 e. The van der Waals surface area contributed by atoms with Crippen molar-refractivity contribution in [1.82, 2.24) is 14.4 Å². The maximum absolute atomic E-state index is 12.6. The summed E-state index contributed by atoms with van der Waals surface area (Å²) in [6, 6.07) is 3.78. The molecule has 1 aromatic rings. The molecule has 1 aromatic heterocycles. The Morgan fingerprint density at radius 1 is 1.25 bits per heavy atom. The molecule has 3 heterocycles. The number of aromatic nitrogens is 1. The van der Waals surface area contributed by atoms with E-state index in [2.05, 4.69) is 0 Å². The first-order valence-electron chi connectivity index (χ1n) is 8.29. The molecule has 0 saturated carbocycles. The number of likely N-dealkylation sites (tertiary alicyclic amines) is 2. The van der Waals surface area contributed by atoms with Crippen LogP contribution >= 0.6 is 0 Å². The van der Waals surface area contributed by atoms with E-state index in [1.54, 1.807) is 18.0 Å². The smallest absolute Gasteiger partial charge is 0.354 e. The highest BCUT2D eigenvalue weighted by molar-refractivity contribution is 5.89. The Kier molecular flexibility index (Phi) is 4.59. The molecule has 130 valence electrons. The molecule has 2 aliphatic heterocycles. The van der Waals surface area contributed by atoms with Gasteiger partial charge >= 0.3 is 5.97 Å². The Balaban J connectivity index is 1.60. The molecule has 7 heteroatoms. The number of methoxy groups -OCH3 is 1. The first-order chi connectivity index (χ1) is 11.5. The Morgan fingerprint density at radius 2 is 1.96 bits per heavy atom. The van der Waals surface area contributed by atoms with Gasteiger partial charge in [-0.1, -0.05) is 0 Å². The van der Waals surface area contributed by atoms with Gasteiger partial charge in [-0.05, 0) is 25.0 Å². The fraction of sp³-hybridized carbons (Fsp3) is 0.588. The first-order valence-corrected chi connectivity index (χ1v) is 8.29. The third-order valence-electron chi connectivity index (χ3n) is 5.03. The second-order valence-electron chi connectivity index (χ2n) is 6.52. The van der Waals surface area contributed by atoms with Crippen LogP contribution in [0.4, 0.5) is 0 Å². The zero-order chi connectivity index (χ0) is 17.3. The molecular formula is C17H23N3O4. The number of rotatable bonds is 3. The lowest BCUT2D eigenvalue weighted by Crippen LogP contribution is -2.43. The maximum atomic E-state index is 12.6. The van der Waals surface area contributed by atoms with E-state index in [0.717, 1.165) is 12.8 Å². The van der Waals surface area contributed by atoms with E-state index in [1.807, 2.05) is 21.7 Å². The molecule has 0 aromatic carbocycles. The van der Waals surface area contributed by atoms with Gasteiger partial charge in [0, 0.05) is 45.3 Å². The van der Waals surface area contributed by atoms with Gasteiger partial charge in [-0.2, -0.15) is 0 Å². The number of piperidine rings is 1. The molecule has 1 unspecified atom stereocenters. The van der Waals surface area contributed by atoms with Crippen LogP contribution in [0.1, 0.15) is 35.8 Å². The van der Waals surface area contributed by atoms with Gasteiger partial charge in [-0.3, -0.25) is 9.59 Å². The molecule has 24 heavy (non-hydrogen) atoms. The van der Waals surface area contributed by atoms with E-state index in [1.165, 1.54) is 7.11 Å². The number of amides is 2. The molecule has 2 fully saturated rings. The van der Waals surface area contributed by atoms with E-state index in [4.69, 9.17) is 4.74 Å². The second kappa shape index (κ2) is 6.67. The van der Waals surface area contributed by atoms with Crippen molar-refractivity contribution in [1.29, 1.82) is 0 Å². The van der Waals surface area contributed by atoms with Crippen LogP contribution in [0.15, 0.2) is 18.3 Å². The highest BCUT2D eigenvalue weighted by Gasteiger charge is 2.36. The van der Waals surface area contributed by atoms with Gasteiger partial charge in [0.15, 0.2) is 0 Å². The van der Waals surface area contributed by atoms with Crippen molar-refractivity contribution in [2.75, 3.05) is 33.8 Å². The van der Waals surface area contributed by atoms with Crippen molar-refractivity contribution in [2.24, 2.45) is 5.92 Å². The van der Waals surface area contributed by atoms with Gasteiger partial charge in [-0.15, -0.1) is 0 Å². The number of hydrogen-bond acceptors (Lipinski definition) is 4. The molecule has 0 bridgehead atoms. The molecule has 2 saturated heterocycles. The molecule has 0 radical (unpaired) electrons. The summed E-state index contributed by atoms with van der Waals surface area (Å²) in [6.45, 7) is 1.81. The van der Waals surface area contributed by atoms with Crippen LogP contribution in [0.3, 0.4) is 0 Å². The molecule has 0 spiro atoms. The van der Waals surface area contributed by atoms with Crippen molar-refractivity contribution in [2.45, 2.75) is 25.3 Å². The molecule has 2 amide bonds. The monoisotopic (exact) mass is 333 g/mol. The third kappa shape index (κ3) is 3.02. The largest absolute Gasteiger partial charge is 0.464 e. The Labute approximate surface area is 141 Å². The average Bonchev–Trinajstić information content (AvgIpc) is 3.21. The van der Waals surface area contributed by atoms with Crippen molar-refractivity contribution >= 4 is 17.8 Å². The summed E-state index contributed by atoms with van der Waals surface area (Å²) < 4.78 is 6.76. The predicted octanol–water partition coefficient (Wildman–Crippen LogP) is 0.916. The summed E-state index contributed by atoms with van der Waals surface area (Å²) in [5, 5.41) is 0. The second-order valence-corrected chi connectivity index (χ2v) is 6.52. The zero-order valence-corrected chi connectivity index (χ0v) is 14.1. The minimum atomic E-state index is -0.342. The zero-order valence-electron chi connectivity index (χ0n) is 14.1. The lowest BCUT2D eigenvalue weighted by molar-refractivity contribution is -0.137. The number of ether oxygens (including phenoxy) is 1. The Morgan fingerprint density at radius 3 is 2.54 bits per heavy atom. The van der Waals surface area contributed by atoms with Crippen molar-refractivity contribution in [3.05, 3.63) is 24.0 Å². The van der Waals surface area contributed by atoms with Crippen molar-refractivity contribution < 1.29 is 19.1 Å². The summed E-state index contributed by atoms with van der Waals surface area (Å²) in [7, 11) is 3.11. The fourth-order valence-corrected chi connectivity index (χ4v) is 3.64. The van der Waals surface area contributed by atoms with Crippen LogP contribution in [-0.4, -0.2) is 65.9 Å². The number of hydrogen-bond donors (Lipinski definition) is 0. The first kappa shape index (κ1) is 16.5. The lowest BCUT2D eigenvalue weighted by Gasteiger charge is -2.34. The summed E-state index contributed by atoms with van der Waals surface area (Å²) in [6.07, 6.45) is 3.79. The van der Waals surface area contributed by atoms with E-state index in [0.29, 0.717) is 31.7 Å². The van der Waals surface area contributed by atoms with Crippen LogP contribution in [0.25, 0.3) is 0 Å². The molecule has 1 atom stereocenters. The maximum Gasteiger partial charge on any atom is 0.354 e. The molecule has 3 rings (SSSR count). The van der Waals surface area contributed by atoms with E-state index in [9.17, 15) is 14.4 Å². The molecule has 0 aliphatic carbocycles. The molecule has 0 N–H and O–H groups in total. The van der Waals surface area contributed by atoms with Gasteiger partial charge in [0.25, 0.3) is 0 Å². The Bertz CT molecular complexity index is 646. The summed E-state index contributed by atoms with van der Waals surface area (Å²) in [5.74, 6) is -0.438. The van der Waals surface area contributed by atoms with E-state index < -0.39 is 0 Å². The topological polar surface area (TPSA) is 71.8 Å². The van der Waals surface area contributed by atoms with Crippen LogP contribution in [-0.2, 0) is 14.3 Å². The standard InChI is InChI=1S/C17H23N3O4/c1-18-11-12(10-15(18)21)16(22)19-8-5-13(6-9-19)20-7-3-4-14(20)17(23)24-2/h3-4,7,12-13H,5-6,8-11H2,1-2H3. The van der Waals surface area contributed by atoms with Crippen LogP contribution in [0, 0.1) is 5.92 Å². The van der Waals surface area contributed by atoms with Crippen molar-refractivity contribution in [3.63, 3.8) is 0 Å². The van der Waals surface area contributed by atoms with Crippen LogP contribution < -0.4 is 0 Å². The normalized spacial score (nSPS) is 22.1. The highest BCUT2D eigenvalue weighted by atomic mass is 16.5. The molecular weight excluding hydrogens is 310 g/mol. The summed E-state index contributed by atoms with van der Waals surface area (Å²) >= 11 is 0. The SMILES string of the molecule is COC(=O)c1cccn1C1CCN(C(=O)C2CC(=O)N(C)C2)CC1.